The molecule has 314 valence electrons. The number of carbonyl (C=O) groups excluding carboxylic acids is 3. The number of amides is 1. The number of methoxy groups -OCH3 is 1. The van der Waals surface area contributed by atoms with Crippen molar-refractivity contribution in [1.29, 1.82) is 0 Å². The number of fused-ring (bicyclic) bond motifs is 3. The first kappa shape index (κ1) is 42.9. The number of ether oxygens (including phenoxy) is 3. The van der Waals surface area contributed by atoms with Crippen molar-refractivity contribution in [1.82, 2.24) is 10.7 Å². The highest BCUT2D eigenvalue weighted by Crippen LogP contribution is 2.52. The van der Waals surface area contributed by atoms with Gasteiger partial charge in [-0.1, -0.05) is 35.3 Å². The molecule has 8 N–H and O–H groups in total. The lowest BCUT2D eigenvalue weighted by Gasteiger charge is -2.43. The highest BCUT2D eigenvalue weighted by molar-refractivity contribution is 7.80. The molecule has 19 heteroatoms. The summed E-state index contributed by atoms with van der Waals surface area (Å²) < 4.78 is 31.3. The Bertz CT molecular complexity index is 2460. The van der Waals surface area contributed by atoms with Crippen molar-refractivity contribution in [2.45, 2.75) is 62.4 Å². The Morgan fingerprint density at radius 3 is 2.43 bits per heavy atom. The minimum atomic E-state index is -2.25. The Morgan fingerprint density at radius 1 is 1.03 bits per heavy atom. The van der Waals surface area contributed by atoms with Gasteiger partial charge in [-0.3, -0.25) is 14.4 Å². The molecule has 15 nitrogen and oxygen atoms in total. The van der Waals surface area contributed by atoms with Crippen LogP contribution in [0.15, 0.2) is 65.8 Å². The van der Waals surface area contributed by atoms with Gasteiger partial charge in [0.1, 0.15) is 34.8 Å². The highest BCUT2D eigenvalue weighted by atomic mass is 35.5. The van der Waals surface area contributed by atoms with Gasteiger partial charge in [-0.05, 0) is 67.7 Å². The van der Waals surface area contributed by atoms with Gasteiger partial charge in [0.2, 0.25) is 5.78 Å². The zero-order valence-corrected chi connectivity index (χ0v) is 34.0. The van der Waals surface area contributed by atoms with Crippen LogP contribution in [0.3, 0.4) is 0 Å². The number of rotatable bonds is 9. The van der Waals surface area contributed by atoms with Crippen LogP contribution < -0.4 is 20.8 Å². The summed E-state index contributed by atoms with van der Waals surface area (Å²) in [5.74, 6) is -4.30. The second-order valence-corrected chi connectivity index (χ2v) is 15.6. The largest absolute Gasteiger partial charge is 0.507 e. The van der Waals surface area contributed by atoms with Gasteiger partial charge in [0.15, 0.2) is 17.2 Å². The molecule has 1 saturated heterocycles. The van der Waals surface area contributed by atoms with Gasteiger partial charge in [-0.2, -0.15) is 5.10 Å². The molecule has 1 fully saturated rings. The maximum absolute atomic E-state index is 14.1. The molecule has 1 heterocycles. The number of nitrogens with one attached hydrogen (secondary N) is 3. The number of phenols is 2. The standard InChI is InChI=1S/C41H37Cl2FN4O11S/c1-17-34(50)25(46-40(60)45-20-9-7-19(44)8-10-20)13-29(58-17)59-27-15-41(56,28(16-49)47-48-39(55)18-6-11-23(42)24(43)12-18)14-22-31(27)38(54)33-32(36(22)52)35(51)21-4-3-5-26(57-2)30(21)37(33)53/h3-12,17,25,27,29,34,49-50,52,54,56H,13-16H2,1-2H3,(H,48,55)(H2,45,46,60)/t17?,25?,27-,29?,34?,41-/m0/s1. The third-order valence-corrected chi connectivity index (χ3v) is 11.6. The van der Waals surface area contributed by atoms with Gasteiger partial charge in [0.05, 0.1) is 64.4 Å². The Balaban J connectivity index is 1.27. The maximum Gasteiger partial charge on any atom is 0.271 e. The summed E-state index contributed by atoms with van der Waals surface area (Å²) in [5, 5.41) is 68.3. The predicted molar refractivity (Wildman–Crippen MR) is 220 cm³/mol. The van der Waals surface area contributed by atoms with E-state index in [-0.39, 0.29) is 55.1 Å². The molecule has 7 rings (SSSR count). The van der Waals surface area contributed by atoms with Gasteiger partial charge in [0, 0.05) is 47.2 Å². The third kappa shape index (κ3) is 8.02. The van der Waals surface area contributed by atoms with E-state index in [0.29, 0.717) is 5.69 Å². The topological polar surface area (TPSA) is 228 Å². The first-order chi connectivity index (χ1) is 28.5. The summed E-state index contributed by atoms with van der Waals surface area (Å²) >= 11 is 17.5. The van der Waals surface area contributed by atoms with Crippen LogP contribution in [0.4, 0.5) is 10.1 Å². The van der Waals surface area contributed by atoms with Crippen molar-refractivity contribution in [2.24, 2.45) is 5.10 Å². The van der Waals surface area contributed by atoms with Crippen molar-refractivity contribution in [3.63, 3.8) is 0 Å². The van der Waals surface area contributed by atoms with Crippen LogP contribution in [0.1, 0.15) is 79.2 Å². The molecule has 1 amide bonds. The molecule has 4 aromatic rings. The number of aromatic hydroxyl groups is 2. The lowest BCUT2D eigenvalue weighted by Crippen LogP contribution is -2.56. The molecule has 0 spiro atoms. The number of ketones is 2. The summed E-state index contributed by atoms with van der Waals surface area (Å²) in [7, 11) is 1.31. The van der Waals surface area contributed by atoms with E-state index in [9.17, 15) is 44.3 Å². The number of aliphatic hydroxyl groups is 3. The highest BCUT2D eigenvalue weighted by Gasteiger charge is 2.50. The first-order valence-corrected chi connectivity index (χ1v) is 19.6. The number of thiocarbonyl (C=S) groups is 1. The van der Waals surface area contributed by atoms with Crippen LogP contribution in [0, 0.1) is 5.82 Å². The average Bonchev–Trinajstić information content (AvgIpc) is 3.21. The van der Waals surface area contributed by atoms with E-state index in [0.717, 1.165) is 0 Å². The number of anilines is 1. The van der Waals surface area contributed by atoms with Crippen molar-refractivity contribution >= 4 is 69.4 Å². The zero-order chi connectivity index (χ0) is 43.2. The van der Waals surface area contributed by atoms with Gasteiger partial charge >= 0.3 is 0 Å². The summed E-state index contributed by atoms with van der Waals surface area (Å²) in [6.07, 6.45) is -5.94. The minimum Gasteiger partial charge on any atom is -0.507 e. The molecule has 6 atom stereocenters. The van der Waals surface area contributed by atoms with Crippen molar-refractivity contribution < 1.29 is 58.5 Å². The van der Waals surface area contributed by atoms with Gasteiger partial charge in [0.25, 0.3) is 5.91 Å². The van der Waals surface area contributed by atoms with Crippen molar-refractivity contribution in [2.75, 3.05) is 19.0 Å². The fourth-order valence-electron chi connectivity index (χ4n) is 7.69. The molecule has 0 saturated carbocycles. The van der Waals surface area contributed by atoms with Crippen molar-refractivity contribution in [3.05, 3.63) is 115 Å². The number of halogens is 3. The van der Waals surface area contributed by atoms with E-state index in [1.807, 2.05) is 0 Å². The molecular formula is C41H37Cl2FN4O11S. The van der Waals surface area contributed by atoms with E-state index < -0.39 is 107 Å². The second-order valence-electron chi connectivity index (χ2n) is 14.4. The lowest BCUT2D eigenvalue weighted by atomic mass is 9.71. The molecule has 0 aromatic heterocycles. The van der Waals surface area contributed by atoms with Gasteiger partial charge < -0.3 is 50.4 Å². The van der Waals surface area contributed by atoms with Crippen LogP contribution in [0.5, 0.6) is 17.2 Å². The number of hydrogen-bond donors (Lipinski definition) is 8. The molecule has 0 radical (unpaired) electrons. The molecule has 4 unspecified atom stereocenters. The number of aliphatic hydroxyl groups excluding tert-OH is 2. The zero-order valence-electron chi connectivity index (χ0n) is 31.7. The van der Waals surface area contributed by atoms with Crippen molar-refractivity contribution in [3.8, 4) is 17.2 Å². The summed E-state index contributed by atoms with van der Waals surface area (Å²) in [6.45, 7) is 0.633. The number of phenolic OH excluding ortho intramolecular Hbond substituents is 2. The SMILES string of the molecule is COc1cccc2c1C(=O)c1c(O)c3c(c(O)c1C2=O)C[C@@](O)(C(CO)=NNC(=O)c1ccc(Cl)c(Cl)c1)C[C@@H]3OC1CC(NC(=S)Nc2ccc(F)cc2)C(O)C(C)O1. The second kappa shape index (κ2) is 17.0. The number of hydrazone groups is 1. The predicted octanol–water partition coefficient (Wildman–Crippen LogP) is 4.69. The molecule has 60 heavy (non-hydrogen) atoms. The van der Waals surface area contributed by atoms with Crippen LogP contribution in [-0.2, 0) is 15.9 Å². The maximum atomic E-state index is 14.1. The quantitative estimate of drug-likeness (QED) is 0.0435. The van der Waals surface area contributed by atoms with E-state index in [1.54, 1.807) is 6.92 Å². The fourth-order valence-corrected chi connectivity index (χ4v) is 8.26. The number of hydrogen-bond acceptors (Lipinski definition) is 13. The Kier molecular flexibility index (Phi) is 12.2. The normalized spacial score (nSPS) is 23.5. The fraction of sp³-hybridized carbons (Fsp3) is 0.293. The Hall–Kier alpha value is -5.24. The molecule has 0 bridgehead atoms. The lowest BCUT2D eigenvalue weighted by molar-refractivity contribution is -0.247. The number of benzene rings is 4. The van der Waals surface area contributed by atoms with Crippen LogP contribution >= 0.6 is 35.4 Å². The minimum absolute atomic E-state index is 0.0446. The smallest absolute Gasteiger partial charge is 0.271 e. The number of carbonyl (C=O) groups is 3. The summed E-state index contributed by atoms with van der Waals surface area (Å²) in [6, 6.07) is 13.0. The molecular weight excluding hydrogens is 846 g/mol. The summed E-state index contributed by atoms with van der Waals surface area (Å²) in [5.41, 5.74) is -1.57. The Morgan fingerprint density at radius 2 is 1.75 bits per heavy atom. The third-order valence-electron chi connectivity index (χ3n) is 10.7. The monoisotopic (exact) mass is 882 g/mol. The van der Waals surface area contributed by atoms with E-state index in [4.69, 9.17) is 49.6 Å². The Labute approximate surface area is 356 Å². The summed E-state index contributed by atoms with van der Waals surface area (Å²) in [4.78, 5) is 41.2. The van der Waals surface area contributed by atoms with Crippen LogP contribution in [0.25, 0.3) is 0 Å². The van der Waals surface area contributed by atoms with E-state index in [2.05, 4.69) is 21.2 Å². The average molecular weight is 884 g/mol. The van der Waals surface area contributed by atoms with Gasteiger partial charge in [-0.25, -0.2) is 9.82 Å². The molecule has 3 aliphatic rings. The van der Waals surface area contributed by atoms with Crippen LogP contribution in [0.2, 0.25) is 10.0 Å². The van der Waals surface area contributed by atoms with E-state index >= 15 is 0 Å². The number of nitrogens with zero attached hydrogens (tertiary/aromatic N) is 1. The van der Waals surface area contributed by atoms with Crippen LogP contribution in [-0.4, -0.2) is 97.7 Å². The van der Waals surface area contributed by atoms with Gasteiger partial charge in [-0.15, -0.1) is 0 Å². The molecule has 2 aliphatic carbocycles. The molecule has 1 aliphatic heterocycles. The molecule has 4 aromatic carbocycles. The van der Waals surface area contributed by atoms with E-state index in [1.165, 1.54) is 67.8 Å². The first-order valence-electron chi connectivity index (χ1n) is 18.4.